The minimum absolute atomic E-state index is 0.0461. The van der Waals surface area contributed by atoms with Crippen LogP contribution in [0.3, 0.4) is 0 Å². The van der Waals surface area contributed by atoms with E-state index >= 15 is 0 Å². The van der Waals surface area contributed by atoms with E-state index in [9.17, 15) is 22.8 Å². The highest BCUT2D eigenvalue weighted by molar-refractivity contribution is 5.95. The molecular weight excluding hydrogens is 369 g/mol. The van der Waals surface area contributed by atoms with Crippen molar-refractivity contribution in [2.24, 2.45) is 0 Å². The second kappa shape index (κ2) is 7.50. The molecule has 1 aromatic heterocycles. The largest absolute Gasteiger partial charge is 0.417 e. The molecule has 1 heterocycles. The fourth-order valence-electron chi connectivity index (χ4n) is 3.04. The Morgan fingerprint density at radius 1 is 1.07 bits per heavy atom. The molecule has 146 valence electrons. The summed E-state index contributed by atoms with van der Waals surface area (Å²) >= 11 is 0. The summed E-state index contributed by atoms with van der Waals surface area (Å²) in [6, 6.07) is 10.2. The third kappa shape index (κ3) is 4.08. The monoisotopic (exact) mass is 388 g/mol. The molecule has 3 rings (SSSR count). The van der Waals surface area contributed by atoms with Gasteiger partial charge in [0.2, 0.25) is 0 Å². The van der Waals surface area contributed by atoms with Gasteiger partial charge in [0.25, 0.3) is 11.5 Å². The Bertz CT molecular complexity index is 1100. The third-order valence-electron chi connectivity index (χ3n) is 4.69. The molecule has 0 aliphatic heterocycles. The van der Waals surface area contributed by atoms with E-state index in [-0.39, 0.29) is 18.5 Å². The van der Waals surface area contributed by atoms with Crippen molar-refractivity contribution in [2.75, 3.05) is 6.54 Å². The maximum atomic E-state index is 13.0. The molecule has 3 aromatic rings. The van der Waals surface area contributed by atoms with Crippen molar-refractivity contribution in [3.63, 3.8) is 0 Å². The van der Waals surface area contributed by atoms with Gasteiger partial charge in [-0.3, -0.25) is 9.59 Å². The fraction of sp³-hybridized carbons (Fsp3) is 0.238. The standard InChI is InChI=1S/C21H19F3N2O2/c1-12-9-15-11-14(19(27)26-18(15)10-13(12)2)7-8-25-20(28)16-5-3-4-6-17(16)21(22,23)24/h3-6,9-11H,7-8H2,1-2H3,(H,25,28)(H,26,27). The second-order valence-corrected chi connectivity index (χ2v) is 6.70. The summed E-state index contributed by atoms with van der Waals surface area (Å²) < 4.78 is 39.1. The summed E-state index contributed by atoms with van der Waals surface area (Å²) in [5, 5.41) is 3.33. The number of hydrogen-bond donors (Lipinski definition) is 2. The van der Waals surface area contributed by atoms with Crippen molar-refractivity contribution in [1.82, 2.24) is 10.3 Å². The van der Waals surface area contributed by atoms with Crippen molar-refractivity contribution in [3.05, 3.63) is 80.6 Å². The zero-order chi connectivity index (χ0) is 20.5. The molecular formula is C21H19F3N2O2. The number of H-pyrrole nitrogens is 1. The van der Waals surface area contributed by atoms with Crippen LogP contribution >= 0.6 is 0 Å². The molecule has 4 nitrogen and oxygen atoms in total. The molecule has 0 bridgehead atoms. The molecule has 1 amide bonds. The number of aromatic amines is 1. The molecule has 28 heavy (non-hydrogen) atoms. The SMILES string of the molecule is Cc1cc2cc(CCNC(=O)c3ccccc3C(F)(F)F)c(=O)[nH]c2cc1C. The Hall–Kier alpha value is -3.09. The highest BCUT2D eigenvalue weighted by Crippen LogP contribution is 2.31. The predicted molar refractivity (Wildman–Crippen MR) is 102 cm³/mol. The highest BCUT2D eigenvalue weighted by Gasteiger charge is 2.34. The zero-order valence-electron chi connectivity index (χ0n) is 15.4. The molecule has 0 saturated carbocycles. The first kappa shape index (κ1) is 19.7. The van der Waals surface area contributed by atoms with Crippen LogP contribution in [0, 0.1) is 13.8 Å². The van der Waals surface area contributed by atoms with E-state index in [1.807, 2.05) is 26.0 Å². The fourth-order valence-corrected chi connectivity index (χ4v) is 3.04. The maximum absolute atomic E-state index is 13.0. The number of pyridine rings is 1. The Kier molecular flexibility index (Phi) is 5.27. The molecule has 0 unspecified atom stereocenters. The minimum Gasteiger partial charge on any atom is -0.352 e. The number of nitrogens with one attached hydrogen (secondary N) is 2. The molecule has 0 radical (unpaired) electrons. The molecule has 0 atom stereocenters. The average molecular weight is 388 g/mol. The smallest absolute Gasteiger partial charge is 0.352 e. The van der Waals surface area contributed by atoms with Gasteiger partial charge in [0.05, 0.1) is 11.1 Å². The number of fused-ring (bicyclic) bond motifs is 1. The topological polar surface area (TPSA) is 62.0 Å². The summed E-state index contributed by atoms with van der Waals surface area (Å²) in [4.78, 5) is 27.2. The van der Waals surface area contributed by atoms with Gasteiger partial charge in [-0.15, -0.1) is 0 Å². The summed E-state index contributed by atoms with van der Waals surface area (Å²) in [6.45, 7) is 3.97. The summed E-state index contributed by atoms with van der Waals surface area (Å²) in [6.07, 6.45) is -4.41. The molecule has 2 N–H and O–H groups in total. The lowest BCUT2D eigenvalue weighted by Crippen LogP contribution is -2.29. The van der Waals surface area contributed by atoms with Crippen LogP contribution in [-0.4, -0.2) is 17.4 Å². The van der Waals surface area contributed by atoms with Gasteiger partial charge in [0, 0.05) is 17.6 Å². The summed E-state index contributed by atoms with van der Waals surface area (Å²) in [7, 11) is 0. The van der Waals surface area contributed by atoms with E-state index in [0.29, 0.717) is 5.56 Å². The summed E-state index contributed by atoms with van der Waals surface area (Å²) in [5.41, 5.74) is 1.63. The van der Waals surface area contributed by atoms with Gasteiger partial charge in [0.15, 0.2) is 0 Å². The molecule has 0 aliphatic carbocycles. The number of carbonyl (C=O) groups excluding carboxylic acids is 1. The van der Waals surface area contributed by atoms with Crippen LogP contribution in [0.25, 0.3) is 10.9 Å². The molecule has 0 spiro atoms. The Morgan fingerprint density at radius 3 is 2.46 bits per heavy atom. The Balaban J connectivity index is 1.75. The van der Waals surface area contributed by atoms with Crippen LogP contribution in [0.4, 0.5) is 13.2 Å². The van der Waals surface area contributed by atoms with Crippen molar-refractivity contribution >= 4 is 16.8 Å². The first-order valence-electron chi connectivity index (χ1n) is 8.74. The number of hydrogen-bond acceptors (Lipinski definition) is 2. The van der Waals surface area contributed by atoms with Gasteiger partial charge in [-0.25, -0.2) is 0 Å². The quantitative estimate of drug-likeness (QED) is 0.706. The van der Waals surface area contributed by atoms with Crippen LogP contribution in [0.2, 0.25) is 0 Å². The number of halogens is 3. The first-order chi connectivity index (χ1) is 13.2. The second-order valence-electron chi connectivity index (χ2n) is 6.70. The van der Waals surface area contributed by atoms with Gasteiger partial charge in [-0.05, 0) is 67.1 Å². The van der Waals surface area contributed by atoms with Crippen LogP contribution < -0.4 is 10.9 Å². The molecule has 7 heteroatoms. The average Bonchev–Trinajstić information content (AvgIpc) is 2.63. The first-order valence-corrected chi connectivity index (χ1v) is 8.74. The number of rotatable bonds is 4. The molecule has 0 saturated heterocycles. The van der Waals surface area contributed by atoms with Crippen molar-refractivity contribution in [2.45, 2.75) is 26.4 Å². The van der Waals surface area contributed by atoms with Gasteiger partial charge >= 0.3 is 6.18 Å². The van der Waals surface area contributed by atoms with E-state index in [2.05, 4.69) is 10.3 Å². The molecule has 2 aromatic carbocycles. The maximum Gasteiger partial charge on any atom is 0.417 e. The van der Waals surface area contributed by atoms with E-state index < -0.39 is 23.2 Å². The lowest BCUT2D eigenvalue weighted by Gasteiger charge is -2.12. The number of amides is 1. The van der Waals surface area contributed by atoms with Gasteiger partial charge in [-0.1, -0.05) is 12.1 Å². The number of alkyl halides is 3. The highest BCUT2D eigenvalue weighted by atomic mass is 19.4. The van der Waals surface area contributed by atoms with Crippen LogP contribution in [-0.2, 0) is 12.6 Å². The van der Waals surface area contributed by atoms with E-state index in [0.717, 1.165) is 34.2 Å². The van der Waals surface area contributed by atoms with Crippen molar-refractivity contribution in [1.29, 1.82) is 0 Å². The number of benzene rings is 2. The van der Waals surface area contributed by atoms with Gasteiger partial charge in [0.1, 0.15) is 0 Å². The van der Waals surface area contributed by atoms with Crippen LogP contribution in [0.1, 0.15) is 32.6 Å². The zero-order valence-corrected chi connectivity index (χ0v) is 15.4. The Labute approximate surface area is 159 Å². The van der Waals surface area contributed by atoms with E-state index in [1.165, 1.54) is 12.1 Å². The summed E-state index contributed by atoms with van der Waals surface area (Å²) in [5.74, 6) is -0.823. The van der Waals surface area contributed by atoms with Crippen LogP contribution in [0.5, 0.6) is 0 Å². The van der Waals surface area contributed by atoms with Gasteiger partial charge in [-0.2, -0.15) is 13.2 Å². The number of aromatic nitrogens is 1. The number of carbonyl (C=O) groups is 1. The van der Waals surface area contributed by atoms with Gasteiger partial charge < -0.3 is 10.3 Å². The molecule has 0 fully saturated rings. The third-order valence-corrected chi connectivity index (χ3v) is 4.69. The Morgan fingerprint density at radius 2 is 1.75 bits per heavy atom. The minimum atomic E-state index is -4.61. The van der Waals surface area contributed by atoms with E-state index in [4.69, 9.17) is 0 Å². The lowest BCUT2D eigenvalue weighted by molar-refractivity contribution is -0.137. The van der Waals surface area contributed by atoms with Crippen LogP contribution in [0.15, 0.2) is 47.3 Å². The normalized spacial score (nSPS) is 11.6. The lowest BCUT2D eigenvalue weighted by atomic mass is 10.0. The number of aryl methyl sites for hydroxylation is 2. The van der Waals surface area contributed by atoms with Crippen molar-refractivity contribution < 1.29 is 18.0 Å². The van der Waals surface area contributed by atoms with E-state index in [1.54, 1.807) is 6.07 Å². The molecule has 0 aliphatic rings. The predicted octanol–water partition coefficient (Wildman–Crippen LogP) is 4.14. The van der Waals surface area contributed by atoms with Crippen molar-refractivity contribution in [3.8, 4) is 0 Å².